The van der Waals surface area contributed by atoms with Crippen LogP contribution in [0, 0.1) is 5.92 Å². The van der Waals surface area contributed by atoms with E-state index in [9.17, 15) is 24.3 Å². The van der Waals surface area contributed by atoms with Crippen molar-refractivity contribution in [2.45, 2.75) is 38.0 Å². The maximum atomic E-state index is 14.2. The zero-order chi connectivity index (χ0) is 36.7. The Morgan fingerprint density at radius 3 is 2.23 bits per heavy atom. The van der Waals surface area contributed by atoms with Gasteiger partial charge >= 0.3 is 5.97 Å². The molecule has 3 atom stereocenters. The number of carbonyl (C=O) groups is 4. The van der Waals surface area contributed by atoms with E-state index in [2.05, 4.69) is 16.1 Å². The molecule has 1 aliphatic rings. The Labute approximate surface area is 300 Å². The number of ether oxygens (including phenoxy) is 2. The molecule has 0 spiro atoms. The van der Waals surface area contributed by atoms with Crippen molar-refractivity contribution >= 4 is 45.1 Å². The lowest BCUT2D eigenvalue weighted by atomic mass is 9.95. The first kappa shape index (κ1) is 35.6. The lowest BCUT2D eigenvalue weighted by Gasteiger charge is -2.27. The fourth-order valence-corrected chi connectivity index (χ4v) is 6.00. The van der Waals surface area contributed by atoms with Gasteiger partial charge in [0.15, 0.2) is 5.78 Å². The molecule has 0 aromatic heterocycles. The van der Waals surface area contributed by atoms with E-state index in [1.807, 2.05) is 86.6 Å². The van der Waals surface area contributed by atoms with Gasteiger partial charge in [-0.25, -0.2) is 0 Å². The summed E-state index contributed by atoms with van der Waals surface area (Å²) >= 11 is 0. The van der Waals surface area contributed by atoms with E-state index in [0.717, 1.165) is 21.5 Å². The van der Waals surface area contributed by atoms with Gasteiger partial charge in [0, 0.05) is 10.9 Å². The van der Waals surface area contributed by atoms with E-state index in [-0.39, 0.29) is 18.4 Å². The summed E-state index contributed by atoms with van der Waals surface area (Å²) in [5.41, 5.74) is 1.80. The zero-order valence-corrected chi connectivity index (χ0v) is 28.7. The number of amides is 2. The van der Waals surface area contributed by atoms with Gasteiger partial charge in [-0.1, -0.05) is 98.8 Å². The molecule has 0 saturated heterocycles. The van der Waals surface area contributed by atoms with Gasteiger partial charge in [0.2, 0.25) is 5.60 Å². The fraction of sp³-hybridized carbons (Fsp3) is 0.220. The first-order chi connectivity index (χ1) is 25.1. The molecule has 0 bridgehead atoms. The highest BCUT2D eigenvalue weighted by molar-refractivity contribution is 5.99. The number of aliphatic carboxylic acids is 1. The number of carbonyl (C=O) groups excluding carboxylic acids is 3. The molecule has 1 unspecified atom stereocenters. The minimum atomic E-state index is -1.86. The van der Waals surface area contributed by atoms with E-state index in [1.54, 1.807) is 42.5 Å². The van der Waals surface area contributed by atoms with Crippen LogP contribution in [0.3, 0.4) is 0 Å². The molecule has 4 N–H and O–H groups in total. The van der Waals surface area contributed by atoms with Crippen LogP contribution in [0.2, 0.25) is 0 Å². The topological polar surface area (TPSA) is 152 Å². The van der Waals surface area contributed by atoms with E-state index in [1.165, 1.54) is 6.08 Å². The Hall–Kier alpha value is -6.20. The summed E-state index contributed by atoms with van der Waals surface area (Å²) in [4.78, 5) is 59.0. The lowest BCUT2D eigenvalue weighted by molar-refractivity contribution is -0.151. The van der Waals surface area contributed by atoms with Crippen molar-refractivity contribution in [1.29, 1.82) is 0 Å². The van der Waals surface area contributed by atoms with Gasteiger partial charge in [-0.3, -0.25) is 29.5 Å². The molecule has 5 aromatic rings. The number of nitrogens with one attached hydrogen (secondary N) is 3. The number of benzene rings is 5. The molecule has 266 valence electrons. The number of hydrogen-bond acceptors (Lipinski definition) is 8. The molecule has 52 heavy (non-hydrogen) atoms. The van der Waals surface area contributed by atoms with Crippen LogP contribution in [-0.2, 0) is 19.2 Å². The van der Waals surface area contributed by atoms with Crippen molar-refractivity contribution < 1.29 is 38.6 Å². The van der Waals surface area contributed by atoms with Crippen molar-refractivity contribution in [1.82, 2.24) is 16.1 Å². The number of carboxylic acid groups (broad SMARTS) is 1. The molecule has 2 amide bonds. The molecule has 11 nitrogen and oxygen atoms in total. The van der Waals surface area contributed by atoms with Crippen molar-refractivity contribution in [2.24, 2.45) is 5.92 Å². The largest absolute Gasteiger partial charge is 0.490 e. The monoisotopic (exact) mass is 701 g/mol. The quantitative estimate of drug-likeness (QED) is 0.109. The van der Waals surface area contributed by atoms with Crippen LogP contribution in [-0.4, -0.2) is 59.6 Å². The third-order valence-corrected chi connectivity index (χ3v) is 8.81. The highest BCUT2D eigenvalue weighted by atomic mass is 16.7. The summed E-state index contributed by atoms with van der Waals surface area (Å²) in [6.07, 6.45) is 0.811. The van der Waals surface area contributed by atoms with Crippen molar-refractivity contribution in [2.75, 3.05) is 13.2 Å². The molecule has 11 heteroatoms. The van der Waals surface area contributed by atoms with Crippen molar-refractivity contribution in [3.8, 4) is 11.5 Å². The number of Topliss-reactive ketones (excluding diaryl/α,β-unsaturated/α-hetero) is 1. The molecule has 0 fully saturated rings. The molecule has 0 saturated carbocycles. The molecular formula is C41H39N3O8. The number of hydrogen-bond donors (Lipinski definition) is 4. The summed E-state index contributed by atoms with van der Waals surface area (Å²) in [5.74, 6) is -2.36. The van der Waals surface area contributed by atoms with Gasteiger partial charge in [-0.2, -0.15) is 0 Å². The maximum Gasteiger partial charge on any atom is 0.305 e. The van der Waals surface area contributed by atoms with Crippen molar-refractivity contribution in [3.63, 3.8) is 0 Å². The minimum Gasteiger partial charge on any atom is -0.490 e. The normalized spacial score (nSPS) is 16.4. The Morgan fingerprint density at radius 1 is 0.788 bits per heavy atom. The van der Waals surface area contributed by atoms with Crippen molar-refractivity contribution in [3.05, 3.63) is 133 Å². The second-order valence-electron chi connectivity index (χ2n) is 12.9. The lowest BCUT2D eigenvalue weighted by Crippen LogP contribution is -2.56. The van der Waals surface area contributed by atoms with Gasteiger partial charge in [-0.15, -0.1) is 0 Å². The molecule has 1 heterocycles. The number of hydroxylamine groups is 1. The zero-order valence-electron chi connectivity index (χ0n) is 28.7. The number of carboxylic acids is 1. The molecule has 6 rings (SSSR count). The number of para-hydroxylation sites is 1. The number of rotatable bonds is 15. The van der Waals surface area contributed by atoms with Crippen LogP contribution in [0.25, 0.3) is 21.5 Å². The van der Waals surface area contributed by atoms with Crippen LogP contribution in [0.1, 0.15) is 30.6 Å². The highest BCUT2D eigenvalue weighted by Crippen LogP contribution is 2.28. The Bertz CT molecular complexity index is 2130. The highest BCUT2D eigenvalue weighted by Gasteiger charge is 2.47. The Balaban J connectivity index is 1.24. The van der Waals surface area contributed by atoms with Crippen LogP contribution in [0.15, 0.2) is 127 Å². The summed E-state index contributed by atoms with van der Waals surface area (Å²) in [6, 6.07) is 32.7. The standard InChI is InChI=1S/C41H39N3O8/c1-26(2)38(43-39(48)30-20-19-27-11-6-7-13-29(27)21-30)34-23-41(52-44-34,25-51-31-15-4-3-5-16-31)40(49)42-33(22-37(46)47)35(45)24-50-36-18-10-14-28-12-8-9-17-32(28)36/h3-21,23,26,33,38,44H,22,24-25H2,1-2H3,(H,42,49)(H,43,48)(H,46,47)/t33-,38-,41?/m0/s1. The summed E-state index contributed by atoms with van der Waals surface area (Å²) in [5, 5.41) is 18.9. The predicted octanol–water partition coefficient (Wildman–Crippen LogP) is 5.59. The first-order valence-corrected chi connectivity index (χ1v) is 16.9. The van der Waals surface area contributed by atoms with Crippen LogP contribution >= 0.6 is 0 Å². The molecule has 1 aliphatic heterocycles. The average Bonchev–Trinajstić information content (AvgIpc) is 3.60. The minimum absolute atomic E-state index is 0.159. The van der Waals surface area contributed by atoms with Crippen LogP contribution in [0.5, 0.6) is 11.5 Å². The summed E-state index contributed by atoms with van der Waals surface area (Å²) in [6.45, 7) is 2.98. The predicted molar refractivity (Wildman–Crippen MR) is 196 cm³/mol. The number of ketones is 1. The Morgan fingerprint density at radius 2 is 1.48 bits per heavy atom. The van der Waals surface area contributed by atoms with Gasteiger partial charge in [-0.05, 0) is 58.5 Å². The van der Waals surface area contributed by atoms with Gasteiger partial charge in [0.05, 0.1) is 18.2 Å². The number of fused-ring (bicyclic) bond motifs is 2. The molecule has 0 aliphatic carbocycles. The van der Waals surface area contributed by atoms with E-state index >= 15 is 0 Å². The van der Waals surface area contributed by atoms with E-state index < -0.39 is 48.4 Å². The SMILES string of the molecule is CC(C)[C@H](NC(=O)c1ccc2ccccc2c1)C1=CC(COc2ccccc2)(C(=O)N[C@@H](CC(=O)O)C(=O)COc2cccc3ccccc23)ON1. The summed E-state index contributed by atoms with van der Waals surface area (Å²) < 4.78 is 11.8. The van der Waals surface area contributed by atoms with E-state index in [4.69, 9.17) is 14.3 Å². The second kappa shape index (κ2) is 15.8. The summed E-state index contributed by atoms with van der Waals surface area (Å²) in [7, 11) is 0. The van der Waals surface area contributed by atoms with Gasteiger partial charge < -0.3 is 25.2 Å². The van der Waals surface area contributed by atoms with E-state index in [0.29, 0.717) is 22.8 Å². The second-order valence-corrected chi connectivity index (χ2v) is 12.9. The average molecular weight is 702 g/mol. The van der Waals surface area contributed by atoms with Gasteiger partial charge in [0.25, 0.3) is 11.8 Å². The van der Waals surface area contributed by atoms with Gasteiger partial charge in [0.1, 0.15) is 30.8 Å². The van der Waals surface area contributed by atoms with Crippen LogP contribution in [0.4, 0.5) is 0 Å². The smallest absolute Gasteiger partial charge is 0.305 e. The maximum absolute atomic E-state index is 14.2. The molecule has 5 aromatic carbocycles. The van der Waals surface area contributed by atoms with Crippen LogP contribution < -0.4 is 25.6 Å². The third kappa shape index (κ3) is 8.22. The molecule has 0 radical (unpaired) electrons. The Kier molecular flexibility index (Phi) is 10.8. The third-order valence-electron chi connectivity index (χ3n) is 8.81. The fourth-order valence-electron chi connectivity index (χ4n) is 6.00. The molecular weight excluding hydrogens is 662 g/mol. The first-order valence-electron chi connectivity index (χ1n) is 16.9.